The second-order valence-corrected chi connectivity index (χ2v) is 5.82. The third-order valence-corrected chi connectivity index (χ3v) is 3.55. The fourth-order valence-electron chi connectivity index (χ4n) is 2.60. The molecule has 0 bridgehead atoms. The summed E-state index contributed by atoms with van der Waals surface area (Å²) in [6.07, 6.45) is 2.02. The molecule has 1 unspecified atom stereocenters. The van der Waals surface area contributed by atoms with Gasteiger partial charge in [-0.15, -0.1) is 0 Å². The van der Waals surface area contributed by atoms with Gasteiger partial charge in [0.1, 0.15) is 6.17 Å². The molecule has 4 nitrogen and oxygen atoms in total. The fraction of sp³-hybridized carbons (Fsp3) is 0.857. The quantitative estimate of drug-likeness (QED) is 0.587. The molecule has 0 heterocycles. The number of amides is 1. The summed E-state index contributed by atoms with van der Waals surface area (Å²) in [5, 5.41) is 13.4. The van der Waals surface area contributed by atoms with Crippen LogP contribution in [0.2, 0.25) is 0 Å². The first-order chi connectivity index (χ1) is 8.90. The predicted molar refractivity (Wildman–Crippen MR) is 67.9 cm³/mol. The van der Waals surface area contributed by atoms with Crippen molar-refractivity contribution in [1.82, 2.24) is 5.32 Å². The maximum absolute atomic E-state index is 13.7. The zero-order valence-corrected chi connectivity index (χ0v) is 14.7. The van der Waals surface area contributed by atoms with Crippen molar-refractivity contribution in [3.8, 4) is 0 Å². The number of carbonyl (C=O) groups is 2. The van der Waals surface area contributed by atoms with Gasteiger partial charge in [-0.1, -0.05) is 26.7 Å². The summed E-state index contributed by atoms with van der Waals surface area (Å²) in [5.41, 5.74) is 0. The van der Waals surface area contributed by atoms with Crippen LogP contribution in [0.4, 0.5) is 4.39 Å². The molecule has 1 aliphatic carbocycles. The average molecular weight is 295 g/mol. The zero-order valence-electron chi connectivity index (χ0n) is 12.7. The van der Waals surface area contributed by atoms with E-state index in [9.17, 15) is 19.1 Å². The van der Waals surface area contributed by atoms with Gasteiger partial charge in [0.2, 0.25) is 5.91 Å². The molecule has 0 aromatic heterocycles. The van der Waals surface area contributed by atoms with Crippen LogP contribution in [-0.4, -0.2) is 24.1 Å². The van der Waals surface area contributed by atoms with Gasteiger partial charge in [-0.25, -0.2) is 4.39 Å². The van der Waals surface area contributed by atoms with Crippen molar-refractivity contribution in [2.75, 3.05) is 0 Å². The molecular weight excluding hydrogens is 272 g/mol. The molecule has 0 aromatic carbocycles. The number of carbonyl (C=O) groups excluding carboxylic acids is 2. The first-order valence-electron chi connectivity index (χ1n) is 7.04. The number of carboxylic acid groups (broad SMARTS) is 1. The molecule has 110 valence electrons. The van der Waals surface area contributed by atoms with Gasteiger partial charge >= 0.3 is 29.6 Å². The van der Waals surface area contributed by atoms with Crippen molar-refractivity contribution in [2.24, 2.45) is 11.8 Å². The van der Waals surface area contributed by atoms with Crippen LogP contribution in [-0.2, 0) is 9.59 Å². The summed E-state index contributed by atoms with van der Waals surface area (Å²) in [4.78, 5) is 22.7. The number of aliphatic carboxylic acids is 1. The van der Waals surface area contributed by atoms with E-state index in [1.807, 2.05) is 13.8 Å². The molecule has 1 saturated carbocycles. The minimum absolute atomic E-state index is 0. The summed E-state index contributed by atoms with van der Waals surface area (Å²) >= 11 is 0. The maximum Gasteiger partial charge on any atom is 1.00 e. The van der Waals surface area contributed by atoms with Crippen LogP contribution >= 0.6 is 0 Å². The van der Waals surface area contributed by atoms with Gasteiger partial charge in [0.25, 0.3) is 0 Å². The third kappa shape index (κ3) is 7.04. The summed E-state index contributed by atoms with van der Waals surface area (Å²) in [6.45, 7) is 3.85. The Balaban J connectivity index is 0.00000361. The fourth-order valence-corrected chi connectivity index (χ4v) is 2.60. The number of halogens is 1. The van der Waals surface area contributed by atoms with Crippen LogP contribution < -0.4 is 40.0 Å². The summed E-state index contributed by atoms with van der Waals surface area (Å²) in [5.74, 6) is -2.00. The van der Waals surface area contributed by atoms with E-state index in [2.05, 4.69) is 5.32 Å². The molecule has 0 aromatic rings. The Morgan fingerprint density at radius 1 is 1.30 bits per heavy atom. The maximum atomic E-state index is 13.7. The third-order valence-electron chi connectivity index (χ3n) is 3.55. The van der Waals surface area contributed by atoms with E-state index in [1.54, 1.807) is 0 Å². The molecule has 1 rings (SSSR count). The second kappa shape index (κ2) is 9.74. The Bertz CT molecular complexity index is 326. The van der Waals surface area contributed by atoms with Crippen molar-refractivity contribution < 1.29 is 48.6 Å². The zero-order chi connectivity index (χ0) is 14.4. The normalized spacial score (nSPS) is 23.8. The topological polar surface area (TPSA) is 69.2 Å². The van der Waals surface area contributed by atoms with E-state index in [1.165, 1.54) is 0 Å². The molecule has 0 aliphatic heterocycles. The Kier molecular flexibility index (Phi) is 9.68. The van der Waals surface area contributed by atoms with Gasteiger partial charge in [0, 0.05) is 11.9 Å². The molecule has 3 atom stereocenters. The number of hydrogen-bond donors (Lipinski definition) is 1. The van der Waals surface area contributed by atoms with Crippen LogP contribution in [0.1, 0.15) is 52.4 Å². The van der Waals surface area contributed by atoms with Gasteiger partial charge in [-0.2, -0.15) is 0 Å². The molecule has 1 aliphatic rings. The van der Waals surface area contributed by atoms with Crippen molar-refractivity contribution in [2.45, 2.75) is 64.6 Å². The number of rotatable bonds is 6. The number of hydrogen-bond acceptors (Lipinski definition) is 3. The second-order valence-electron chi connectivity index (χ2n) is 5.82. The monoisotopic (exact) mass is 295 g/mol. The van der Waals surface area contributed by atoms with Crippen LogP contribution in [0.15, 0.2) is 0 Å². The summed E-state index contributed by atoms with van der Waals surface area (Å²) < 4.78 is 13.7. The van der Waals surface area contributed by atoms with Gasteiger partial charge < -0.3 is 15.2 Å². The van der Waals surface area contributed by atoms with Crippen molar-refractivity contribution in [3.05, 3.63) is 0 Å². The average Bonchev–Trinajstić information content (AvgIpc) is 2.30. The van der Waals surface area contributed by atoms with E-state index < -0.39 is 24.1 Å². The first-order valence-corrected chi connectivity index (χ1v) is 7.04. The molecule has 1 fully saturated rings. The van der Waals surface area contributed by atoms with Crippen molar-refractivity contribution in [3.63, 3.8) is 0 Å². The van der Waals surface area contributed by atoms with Crippen molar-refractivity contribution >= 4 is 11.9 Å². The number of carboxylic acids is 1. The molecule has 6 heteroatoms. The minimum atomic E-state index is -1.23. The van der Waals surface area contributed by atoms with E-state index in [0.29, 0.717) is 19.3 Å². The van der Waals surface area contributed by atoms with Crippen LogP contribution in [0, 0.1) is 11.8 Å². The first kappa shape index (κ1) is 19.9. The smallest absolute Gasteiger partial charge is 0.550 e. The molecule has 0 spiro atoms. The number of nitrogens with one attached hydrogen (secondary N) is 1. The van der Waals surface area contributed by atoms with Crippen LogP contribution in [0.3, 0.4) is 0 Å². The molecule has 1 N–H and O–H groups in total. The van der Waals surface area contributed by atoms with Gasteiger partial charge in [-0.05, 0) is 31.6 Å². The standard InChI is InChI=1S/C14H24FNO3.Na/c1-9(2)7-10(8-13(17)18)14(19)16-12-6-4-3-5-11(12)15;/h9-12H,3-8H2,1-2H3,(H,16,19)(H,17,18);/q;+1/p-1/t10?,11-,12-;/m1./s1. The van der Waals surface area contributed by atoms with E-state index in [4.69, 9.17) is 0 Å². The largest absolute Gasteiger partial charge is 1.00 e. The van der Waals surface area contributed by atoms with Crippen LogP contribution in [0.25, 0.3) is 0 Å². The van der Waals surface area contributed by atoms with Gasteiger partial charge in [-0.3, -0.25) is 4.79 Å². The van der Waals surface area contributed by atoms with E-state index >= 15 is 0 Å². The Hall–Kier alpha value is -0.130. The van der Waals surface area contributed by atoms with E-state index in [0.717, 1.165) is 12.8 Å². The predicted octanol–water partition coefficient (Wildman–Crippen LogP) is -1.81. The summed E-state index contributed by atoms with van der Waals surface area (Å²) in [7, 11) is 0. The Labute approximate surface area is 142 Å². The van der Waals surface area contributed by atoms with Crippen LogP contribution in [0.5, 0.6) is 0 Å². The molecule has 1 amide bonds. The Morgan fingerprint density at radius 3 is 2.40 bits per heavy atom. The van der Waals surface area contributed by atoms with Gasteiger partial charge in [0.15, 0.2) is 0 Å². The van der Waals surface area contributed by atoms with Crippen molar-refractivity contribution in [1.29, 1.82) is 0 Å². The Morgan fingerprint density at radius 2 is 1.90 bits per heavy atom. The molecule has 0 radical (unpaired) electrons. The molecule has 0 saturated heterocycles. The van der Waals surface area contributed by atoms with E-state index in [-0.39, 0.29) is 47.8 Å². The number of alkyl halides is 1. The SMILES string of the molecule is CC(C)CC(CC(=O)[O-])C(=O)N[C@@H]1CCCC[C@H]1F.[Na+]. The molecular formula is C14H23FNNaO3. The molecule has 20 heavy (non-hydrogen) atoms. The summed E-state index contributed by atoms with van der Waals surface area (Å²) in [6, 6.07) is -0.460. The van der Waals surface area contributed by atoms with Gasteiger partial charge in [0.05, 0.1) is 6.04 Å². The minimum Gasteiger partial charge on any atom is -0.550 e.